The van der Waals surface area contributed by atoms with E-state index in [1.165, 1.54) is 71.1 Å². The van der Waals surface area contributed by atoms with E-state index in [0.29, 0.717) is 5.54 Å². The Hall–Kier alpha value is -0.120. The van der Waals surface area contributed by atoms with Crippen LogP contribution in [0.5, 0.6) is 0 Å². The molecule has 0 aromatic heterocycles. The maximum atomic E-state index is 6.34. The van der Waals surface area contributed by atoms with Crippen LogP contribution < -0.4 is 5.73 Å². The minimum absolute atomic E-state index is 0.321. The number of nitrogens with zero attached hydrogens (tertiary/aromatic N) is 2. The Balaban J connectivity index is 1.67. The number of rotatable bonds is 4. The molecule has 2 unspecified atom stereocenters. The molecule has 0 radical (unpaired) electrons. The van der Waals surface area contributed by atoms with E-state index in [2.05, 4.69) is 23.6 Å². The van der Waals surface area contributed by atoms with Crippen LogP contribution in [0, 0.1) is 11.8 Å². The lowest BCUT2D eigenvalue weighted by Gasteiger charge is -2.54. The van der Waals surface area contributed by atoms with Gasteiger partial charge in [-0.25, -0.2) is 0 Å². The standard InChI is InChI=1S/C18H35N3/c1-15(2)13-20-11-8-18(14-19,9-12-20)21-10-4-6-16-5-3-7-17(16)21/h15-17H,3-14,19H2,1-2H3. The lowest BCUT2D eigenvalue weighted by Crippen LogP contribution is -2.64. The first-order valence-corrected chi connectivity index (χ1v) is 9.34. The molecule has 3 aliphatic rings. The number of likely N-dealkylation sites (tertiary alicyclic amines) is 2. The second kappa shape index (κ2) is 6.55. The van der Waals surface area contributed by atoms with Crippen LogP contribution in [-0.4, -0.2) is 54.1 Å². The topological polar surface area (TPSA) is 32.5 Å². The van der Waals surface area contributed by atoms with Crippen LogP contribution in [0.25, 0.3) is 0 Å². The van der Waals surface area contributed by atoms with Gasteiger partial charge in [-0.1, -0.05) is 20.3 Å². The Morgan fingerprint density at radius 3 is 2.43 bits per heavy atom. The molecule has 3 rings (SSSR count). The monoisotopic (exact) mass is 293 g/mol. The second-order valence-electron chi connectivity index (χ2n) is 8.22. The molecule has 2 atom stereocenters. The molecule has 1 saturated carbocycles. The van der Waals surface area contributed by atoms with Gasteiger partial charge in [0, 0.05) is 24.7 Å². The van der Waals surface area contributed by atoms with Crippen molar-refractivity contribution in [1.29, 1.82) is 0 Å². The van der Waals surface area contributed by atoms with Crippen molar-refractivity contribution in [3.63, 3.8) is 0 Å². The predicted octanol–water partition coefficient (Wildman–Crippen LogP) is 2.70. The van der Waals surface area contributed by atoms with Gasteiger partial charge < -0.3 is 10.6 Å². The fraction of sp³-hybridized carbons (Fsp3) is 1.00. The van der Waals surface area contributed by atoms with Gasteiger partial charge in [-0.3, -0.25) is 4.90 Å². The van der Waals surface area contributed by atoms with Gasteiger partial charge in [0.1, 0.15) is 0 Å². The Morgan fingerprint density at radius 2 is 1.76 bits per heavy atom. The first kappa shape index (κ1) is 15.8. The van der Waals surface area contributed by atoms with Gasteiger partial charge in [-0.2, -0.15) is 0 Å². The summed E-state index contributed by atoms with van der Waals surface area (Å²) in [6, 6.07) is 0.860. The fourth-order valence-corrected chi connectivity index (χ4v) is 5.32. The summed E-state index contributed by atoms with van der Waals surface area (Å²) in [7, 11) is 0. The second-order valence-corrected chi connectivity index (χ2v) is 8.22. The van der Waals surface area contributed by atoms with E-state index < -0.39 is 0 Å². The zero-order valence-electron chi connectivity index (χ0n) is 14.2. The quantitative estimate of drug-likeness (QED) is 0.865. The number of nitrogens with two attached hydrogens (primary N) is 1. The highest BCUT2D eigenvalue weighted by atomic mass is 15.3. The van der Waals surface area contributed by atoms with Gasteiger partial charge in [0.25, 0.3) is 0 Å². The van der Waals surface area contributed by atoms with Crippen molar-refractivity contribution in [3.8, 4) is 0 Å². The molecule has 21 heavy (non-hydrogen) atoms. The summed E-state index contributed by atoms with van der Waals surface area (Å²) in [4.78, 5) is 5.55. The highest BCUT2D eigenvalue weighted by Crippen LogP contribution is 2.42. The summed E-state index contributed by atoms with van der Waals surface area (Å²) in [5, 5.41) is 0. The number of piperidine rings is 2. The fourth-order valence-electron chi connectivity index (χ4n) is 5.32. The molecule has 0 aromatic rings. The molecular weight excluding hydrogens is 258 g/mol. The SMILES string of the molecule is CC(C)CN1CCC(CN)(N2CCCC3CCCC32)CC1. The van der Waals surface area contributed by atoms with Gasteiger partial charge in [-0.15, -0.1) is 0 Å². The van der Waals surface area contributed by atoms with Crippen LogP contribution in [0.3, 0.4) is 0 Å². The van der Waals surface area contributed by atoms with Gasteiger partial charge in [0.05, 0.1) is 0 Å². The van der Waals surface area contributed by atoms with Crippen LogP contribution in [0.15, 0.2) is 0 Å². The molecular formula is C18H35N3. The summed E-state index contributed by atoms with van der Waals surface area (Å²) in [5.74, 6) is 1.76. The summed E-state index contributed by atoms with van der Waals surface area (Å²) >= 11 is 0. The average Bonchev–Trinajstić information content (AvgIpc) is 2.96. The molecule has 0 bridgehead atoms. The van der Waals surface area contributed by atoms with E-state index in [0.717, 1.165) is 24.4 Å². The Bertz CT molecular complexity index is 333. The highest BCUT2D eigenvalue weighted by molar-refractivity contribution is 5.02. The summed E-state index contributed by atoms with van der Waals surface area (Å²) < 4.78 is 0. The van der Waals surface area contributed by atoms with Crippen LogP contribution in [0.4, 0.5) is 0 Å². The van der Waals surface area contributed by atoms with Crippen LogP contribution in [0.2, 0.25) is 0 Å². The molecule has 2 N–H and O–H groups in total. The molecule has 0 amide bonds. The summed E-state index contributed by atoms with van der Waals surface area (Å²) in [6.07, 6.45) is 9.81. The number of fused-ring (bicyclic) bond motifs is 1. The van der Waals surface area contributed by atoms with Gasteiger partial charge >= 0.3 is 0 Å². The predicted molar refractivity (Wildman–Crippen MR) is 89.4 cm³/mol. The van der Waals surface area contributed by atoms with Crippen molar-refractivity contribution >= 4 is 0 Å². The maximum Gasteiger partial charge on any atom is 0.0359 e. The van der Waals surface area contributed by atoms with E-state index >= 15 is 0 Å². The molecule has 3 heteroatoms. The third-order valence-corrected chi connectivity index (χ3v) is 6.39. The number of hydrogen-bond acceptors (Lipinski definition) is 3. The zero-order valence-corrected chi connectivity index (χ0v) is 14.2. The van der Waals surface area contributed by atoms with E-state index in [9.17, 15) is 0 Å². The average molecular weight is 293 g/mol. The molecule has 0 aromatic carbocycles. The number of hydrogen-bond donors (Lipinski definition) is 1. The molecule has 0 spiro atoms. The largest absolute Gasteiger partial charge is 0.329 e. The molecule has 122 valence electrons. The van der Waals surface area contributed by atoms with Crippen molar-refractivity contribution in [2.75, 3.05) is 32.7 Å². The van der Waals surface area contributed by atoms with E-state index in [1.54, 1.807) is 0 Å². The van der Waals surface area contributed by atoms with Crippen molar-refractivity contribution in [2.24, 2.45) is 17.6 Å². The van der Waals surface area contributed by atoms with E-state index in [1.807, 2.05) is 0 Å². The molecule has 1 aliphatic carbocycles. The Kier molecular flexibility index (Phi) is 4.92. The molecule has 2 aliphatic heterocycles. The van der Waals surface area contributed by atoms with E-state index in [-0.39, 0.29) is 0 Å². The molecule has 3 nitrogen and oxygen atoms in total. The van der Waals surface area contributed by atoms with Crippen molar-refractivity contribution in [1.82, 2.24) is 9.80 Å². The molecule has 2 heterocycles. The van der Waals surface area contributed by atoms with Gasteiger partial charge in [0.2, 0.25) is 0 Å². The lowest BCUT2D eigenvalue weighted by atomic mass is 9.80. The van der Waals surface area contributed by atoms with Gasteiger partial charge in [0.15, 0.2) is 0 Å². The van der Waals surface area contributed by atoms with Gasteiger partial charge in [-0.05, 0) is 70.0 Å². The van der Waals surface area contributed by atoms with Crippen molar-refractivity contribution in [3.05, 3.63) is 0 Å². The third-order valence-electron chi connectivity index (χ3n) is 6.39. The first-order valence-electron chi connectivity index (χ1n) is 9.34. The Morgan fingerprint density at radius 1 is 1.05 bits per heavy atom. The molecule has 2 saturated heterocycles. The minimum Gasteiger partial charge on any atom is -0.329 e. The minimum atomic E-state index is 0.321. The van der Waals surface area contributed by atoms with Crippen LogP contribution >= 0.6 is 0 Å². The van der Waals surface area contributed by atoms with Crippen LogP contribution in [0.1, 0.15) is 58.8 Å². The first-order chi connectivity index (χ1) is 10.1. The smallest absolute Gasteiger partial charge is 0.0359 e. The summed E-state index contributed by atoms with van der Waals surface area (Å²) in [5.41, 5.74) is 6.66. The van der Waals surface area contributed by atoms with Crippen molar-refractivity contribution < 1.29 is 0 Å². The van der Waals surface area contributed by atoms with Crippen LogP contribution in [-0.2, 0) is 0 Å². The van der Waals surface area contributed by atoms with Crippen molar-refractivity contribution in [2.45, 2.75) is 70.4 Å². The summed E-state index contributed by atoms with van der Waals surface area (Å²) in [6.45, 7) is 10.6. The molecule has 3 fully saturated rings. The van der Waals surface area contributed by atoms with E-state index in [4.69, 9.17) is 5.73 Å². The third kappa shape index (κ3) is 3.16. The Labute approximate surface area is 131 Å². The normalized spacial score (nSPS) is 34.3. The highest BCUT2D eigenvalue weighted by Gasteiger charge is 2.46. The maximum absolute atomic E-state index is 6.34. The lowest BCUT2D eigenvalue weighted by molar-refractivity contribution is -0.0345. The zero-order chi connectivity index (χ0) is 14.9.